The number of aromatic nitrogens is 2. The third kappa shape index (κ3) is 4.11. The third-order valence-corrected chi connectivity index (χ3v) is 5.74. The first-order chi connectivity index (χ1) is 14.6. The van der Waals surface area contributed by atoms with Gasteiger partial charge >= 0.3 is 0 Å². The zero-order valence-corrected chi connectivity index (χ0v) is 17.8. The van der Waals surface area contributed by atoms with Crippen LogP contribution < -0.4 is 10.6 Å². The first-order valence-electron chi connectivity index (χ1n) is 10.1. The lowest BCUT2D eigenvalue weighted by Crippen LogP contribution is -2.27. The Hall–Kier alpha value is -3.07. The van der Waals surface area contributed by atoms with Crippen molar-refractivity contribution in [3.63, 3.8) is 0 Å². The monoisotopic (exact) mass is 427 g/mol. The van der Waals surface area contributed by atoms with Crippen molar-refractivity contribution in [2.45, 2.75) is 39.2 Å². The van der Waals surface area contributed by atoms with Gasteiger partial charge in [0.2, 0.25) is 0 Å². The van der Waals surface area contributed by atoms with Crippen molar-refractivity contribution >= 4 is 35.0 Å². The lowest BCUT2D eigenvalue weighted by Gasteiger charge is -2.18. The predicted octanol–water partition coefficient (Wildman–Crippen LogP) is 4.69. The summed E-state index contributed by atoms with van der Waals surface area (Å²) in [4.78, 5) is 14.5. The van der Waals surface area contributed by atoms with E-state index in [0.29, 0.717) is 17.3 Å². The highest BCUT2D eigenvalue weighted by Gasteiger charge is 2.24. The van der Waals surface area contributed by atoms with Gasteiger partial charge in [0.15, 0.2) is 17.4 Å². The number of aryl methyl sites for hydroxylation is 1. The van der Waals surface area contributed by atoms with Gasteiger partial charge in [0, 0.05) is 13.1 Å². The summed E-state index contributed by atoms with van der Waals surface area (Å²) in [5.74, 6) is 1.65. The van der Waals surface area contributed by atoms with Crippen LogP contribution in [0.4, 0.5) is 17.3 Å². The molecule has 1 aliphatic rings. The number of hydrogen-bond acceptors (Lipinski definition) is 8. The van der Waals surface area contributed by atoms with Crippen LogP contribution >= 0.6 is 11.7 Å². The van der Waals surface area contributed by atoms with Crippen molar-refractivity contribution in [2.24, 2.45) is 0 Å². The standard InChI is InChI=1S/C21H25N5O3S/c1-3-15(17-11-13(2)12-29-17)22-19-20(25-30-24-19)23-16-8-6-7-14(18(16)27)21(28)26-9-4-5-10-26/h6-8,11-12,15,27H,3-5,9-10H2,1-2H3,(H,22,24)(H,23,25). The molecule has 0 saturated carbocycles. The van der Waals surface area contributed by atoms with Gasteiger partial charge < -0.3 is 25.1 Å². The average Bonchev–Trinajstić information content (AvgIpc) is 3.50. The minimum absolute atomic E-state index is 0.0557. The number of amides is 1. The molecular weight excluding hydrogens is 402 g/mol. The van der Waals surface area contributed by atoms with Crippen molar-refractivity contribution in [3.05, 3.63) is 47.4 Å². The van der Waals surface area contributed by atoms with E-state index >= 15 is 0 Å². The molecule has 1 aliphatic heterocycles. The summed E-state index contributed by atoms with van der Waals surface area (Å²) in [5, 5.41) is 17.2. The van der Waals surface area contributed by atoms with Gasteiger partial charge in [0.25, 0.3) is 5.91 Å². The molecule has 2 aromatic heterocycles. The van der Waals surface area contributed by atoms with E-state index in [-0.39, 0.29) is 23.3 Å². The number of furan rings is 1. The quantitative estimate of drug-likeness (QED) is 0.470. The highest BCUT2D eigenvalue weighted by Crippen LogP contribution is 2.34. The zero-order chi connectivity index (χ0) is 21.1. The Kier molecular flexibility index (Phi) is 5.89. The number of hydrogen-bond donors (Lipinski definition) is 3. The van der Waals surface area contributed by atoms with Crippen LogP contribution in [0.15, 0.2) is 34.9 Å². The second-order valence-electron chi connectivity index (χ2n) is 7.42. The predicted molar refractivity (Wildman–Crippen MR) is 117 cm³/mol. The maximum absolute atomic E-state index is 12.7. The van der Waals surface area contributed by atoms with E-state index in [4.69, 9.17) is 4.42 Å². The SMILES string of the molecule is CCC(Nc1nsnc1Nc1cccc(C(=O)N2CCCC2)c1O)c1cc(C)co1. The topological polar surface area (TPSA) is 104 Å². The fourth-order valence-corrected chi connectivity index (χ4v) is 4.05. The molecule has 1 aromatic carbocycles. The van der Waals surface area contributed by atoms with E-state index in [1.54, 1.807) is 29.4 Å². The molecule has 1 amide bonds. The van der Waals surface area contributed by atoms with Crippen molar-refractivity contribution < 1.29 is 14.3 Å². The van der Waals surface area contributed by atoms with Gasteiger partial charge in [-0.15, -0.1) is 0 Å². The van der Waals surface area contributed by atoms with Crippen LogP contribution in [0.1, 0.15) is 53.9 Å². The number of carbonyl (C=O) groups excluding carboxylic acids is 1. The summed E-state index contributed by atoms with van der Waals surface area (Å²) < 4.78 is 14.3. The van der Waals surface area contributed by atoms with Crippen molar-refractivity contribution in [1.82, 2.24) is 13.6 Å². The number of phenolic OH excluding ortho intramolecular Hbond substituents is 1. The normalized spacial score (nSPS) is 14.7. The average molecular weight is 428 g/mol. The maximum atomic E-state index is 12.7. The lowest BCUT2D eigenvalue weighted by molar-refractivity contribution is 0.0790. The van der Waals surface area contributed by atoms with Crippen LogP contribution in [-0.4, -0.2) is 37.8 Å². The molecule has 4 rings (SSSR count). The minimum Gasteiger partial charge on any atom is -0.505 e. The minimum atomic E-state index is -0.150. The molecule has 1 atom stereocenters. The molecule has 0 spiro atoms. The summed E-state index contributed by atoms with van der Waals surface area (Å²) in [6.45, 7) is 5.49. The van der Waals surface area contributed by atoms with Gasteiger partial charge in [-0.25, -0.2) is 0 Å². The first-order valence-corrected chi connectivity index (χ1v) is 10.8. The molecule has 3 heterocycles. The van der Waals surface area contributed by atoms with E-state index in [0.717, 1.165) is 55.4 Å². The Labute approximate surface area is 179 Å². The summed E-state index contributed by atoms with van der Waals surface area (Å²) in [7, 11) is 0. The second-order valence-corrected chi connectivity index (χ2v) is 7.95. The van der Waals surface area contributed by atoms with Crippen LogP contribution in [0.2, 0.25) is 0 Å². The molecule has 1 fully saturated rings. The van der Waals surface area contributed by atoms with Crippen molar-refractivity contribution in [1.29, 1.82) is 0 Å². The Morgan fingerprint density at radius 3 is 2.77 bits per heavy atom. The van der Waals surface area contributed by atoms with Crippen molar-refractivity contribution in [2.75, 3.05) is 23.7 Å². The summed E-state index contributed by atoms with van der Waals surface area (Å²) in [6.07, 6.45) is 4.52. The van der Waals surface area contributed by atoms with Gasteiger partial charge in [-0.1, -0.05) is 13.0 Å². The molecule has 3 N–H and O–H groups in total. The molecule has 158 valence electrons. The molecule has 3 aromatic rings. The van der Waals surface area contributed by atoms with Crippen LogP contribution in [0, 0.1) is 6.92 Å². The van der Waals surface area contributed by atoms with Gasteiger partial charge in [0.05, 0.1) is 35.3 Å². The number of carbonyl (C=O) groups is 1. The third-order valence-electron chi connectivity index (χ3n) is 5.21. The molecule has 30 heavy (non-hydrogen) atoms. The van der Waals surface area contributed by atoms with Crippen LogP contribution in [0.25, 0.3) is 0 Å². The Morgan fingerprint density at radius 1 is 1.30 bits per heavy atom. The van der Waals surface area contributed by atoms with Gasteiger partial charge in [-0.05, 0) is 49.9 Å². The van der Waals surface area contributed by atoms with E-state index in [2.05, 4.69) is 26.3 Å². The summed E-state index contributed by atoms with van der Waals surface area (Å²) >= 11 is 1.06. The lowest BCUT2D eigenvalue weighted by atomic mass is 10.1. The molecule has 1 unspecified atom stereocenters. The molecule has 9 heteroatoms. The Bertz CT molecular complexity index is 1030. The number of benzene rings is 1. The molecule has 1 saturated heterocycles. The largest absolute Gasteiger partial charge is 0.505 e. The number of likely N-dealkylation sites (tertiary alicyclic amines) is 1. The number of anilines is 3. The number of nitrogens with one attached hydrogen (secondary N) is 2. The maximum Gasteiger partial charge on any atom is 0.257 e. The second kappa shape index (κ2) is 8.74. The van der Waals surface area contributed by atoms with E-state index in [1.165, 1.54) is 0 Å². The number of rotatable bonds is 7. The number of phenols is 1. The number of aromatic hydroxyl groups is 1. The number of nitrogens with zero attached hydrogens (tertiary/aromatic N) is 3. The first kappa shape index (κ1) is 20.2. The summed E-state index contributed by atoms with van der Waals surface area (Å²) in [6, 6.07) is 7.05. The van der Waals surface area contributed by atoms with E-state index in [9.17, 15) is 9.90 Å². The van der Waals surface area contributed by atoms with Crippen LogP contribution in [0.3, 0.4) is 0 Å². The molecular formula is C21H25N5O3S. The van der Waals surface area contributed by atoms with Gasteiger partial charge in [-0.2, -0.15) is 8.75 Å². The van der Waals surface area contributed by atoms with E-state index < -0.39 is 0 Å². The van der Waals surface area contributed by atoms with E-state index in [1.807, 2.05) is 13.0 Å². The van der Waals surface area contributed by atoms with Crippen LogP contribution in [-0.2, 0) is 0 Å². The number of para-hydroxylation sites is 1. The molecule has 8 nitrogen and oxygen atoms in total. The fraction of sp³-hybridized carbons (Fsp3) is 0.381. The molecule has 0 aliphatic carbocycles. The molecule has 0 bridgehead atoms. The summed E-state index contributed by atoms with van der Waals surface area (Å²) in [5.41, 5.74) is 1.76. The van der Waals surface area contributed by atoms with Gasteiger partial charge in [0.1, 0.15) is 5.76 Å². The van der Waals surface area contributed by atoms with Crippen molar-refractivity contribution in [3.8, 4) is 5.75 Å². The highest BCUT2D eigenvalue weighted by molar-refractivity contribution is 6.99. The highest BCUT2D eigenvalue weighted by atomic mass is 32.1. The smallest absolute Gasteiger partial charge is 0.257 e. The zero-order valence-electron chi connectivity index (χ0n) is 17.0. The molecule has 0 radical (unpaired) electrons. The van der Waals surface area contributed by atoms with Crippen LogP contribution in [0.5, 0.6) is 5.75 Å². The fourth-order valence-electron chi connectivity index (χ4n) is 3.58. The Balaban J connectivity index is 1.54. The van der Waals surface area contributed by atoms with Gasteiger partial charge in [-0.3, -0.25) is 4.79 Å². The Morgan fingerprint density at radius 2 is 2.07 bits per heavy atom.